The lowest BCUT2D eigenvalue weighted by molar-refractivity contribution is -0.605. The number of nitrogens with zero attached hydrogens (tertiary/aromatic N) is 1. The molecule has 0 bridgehead atoms. The van der Waals surface area contributed by atoms with Crippen LogP contribution in [0.3, 0.4) is 0 Å². The average Bonchev–Trinajstić information content (AvgIpc) is 2.54. The van der Waals surface area contributed by atoms with Crippen molar-refractivity contribution in [2.75, 3.05) is 13.2 Å². The summed E-state index contributed by atoms with van der Waals surface area (Å²) >= 11 is 0. The molecular weight excluding hydrogens is 326 g/mol. The quantitative estimate of drug-likeness (QED) is 0.454. The molecule has 134 valence electrons. The molecule has 8 heteroatoms. The normalized spacial score (nSPS) is 17.2. The molecule has 2 heterocycles. The number of dihydropyridines is 1. The van der Waals surface area contributed by atoms with Crippen LogP contribution in [0.15, 0.2) is 47.2 Å². The third-order valence-electron chi connectivity index (χ3n) is 3.72. The fraction of sp³-hybridized carbons (Fsp3) is 0.353. The molecule has 0 aromatic carbocycles. The summed E-state index contributed by atoms with van der Waals surface area (Å²) in [7, 11) is 0. The molecule has 0 spiro atoms. The molecule has 0 saturated heterocycles. The maximum absolute atomic E-state index is 12.5. The van der Waals surface area contributed by atoms with E-state index in [1.54, 1.807) is 26.8 Å². The molecule has 8 nitrogen and oxygen atoms in total. The van der Waals surface area contributed by atoms with Crippen LogP contribution in [0.25, 0.3) is 0 Å². The highest BCUT2D eigenvalue weighted by Crippen LogP contribution is 2.37. The Morgan fingerprint density at radius 3 is 2.40 bits per heavy atom. The lowest BCUT2D eigenvalue weighted by atomic mass is 9.82. The molecule has 2 rings (SSSR count). The monoisotopic (exact) mass is 347 g/mol. The van der Waals surface area contributed by atoms with E-state index in [1.165, 1.54) is 18.5 Å². The van der Waals surface area contributed by atoms with Crippen molar-refractivity contribution in [1.29, 1.82) is 0 Å². The second-order valence-corrected chi connectivity index (χ2v) is 5.36. The van der Waals surface area contributed by atoms with Crippen LogP contribution in [-0.4, -0.2) is 25.2 Å². The van der Waals surface area contributed by atoms with Gasteiger partial charge in [-0.05, 0) is 26.8 Å². The first-order valence-electron chi connectivity index (χ1n) is 7.91. The second kappa shape index (κ2) is 7.69. The van der Waals surface area contributed by atoms with Crippen LogP contribution in [-0.2, 0) is 19.1 Å². The van der Waals surface area contributed by atoms with E-state index in [2.05, 4.69) is 5.32 Å². The van der Waals surface area contributed by atoms with Gasteiger partial charge < -0.3 is 25.7 Å². The van der Waals surface area contributed by atoms with Gasteiger partial charge in [-0.1, -0.05) is 0 Å². The van der Waals surface area contributed by atoms with E-state index >= 15 is 0 Å². The second-order valence-electron chi connectivity index (χ2n) is 5.36. The van der Waals surface area contributed by atoms with Gasteiger partial charge in [-0.2, -0.15) is 4.73 Å². The maximum atomic E-state index is 12.5. The number of allylic oxidation sites excluding steroid dienone is 1. The van der Waals surface area contributed by atoms with E-state index in [0.717, 1.165) is 0 Å². The maximum Gasteiger partial charge on any atom is 0.338 e. The number of aromatic nitrogens is 1. The summed E-state index contributed by atoms with van der Waals surface area (Å²) in [6, 6.07) is 3.17. The lowest BCUT2D eigenvalue weighted by Gasteiger charge is -2.29. The van der Waals surface area contributed by atoms with Gasteiger partial charge in [-0.3, -0.25) is 0 Å². The molecule has 1 aliphatic rings. The fourth-order valence-corrected chi connectivity index (χ4v) is 2.75. The Balaban J connectivity index is 2.64. The van der Waals surface area contributed by atoms with E-state index in [4.69, 9.17) is 15.2 Å². The first-order valence-corrected chi connectivity index (χ1v) is 7.91. The van der Waals surface area contributed by atoms with Gasteiger partial charge in [0.25, 0.3) is 0 Å². The minimum atomic E-state index is -0.860. The summed E-state index contributed by atoms with van der Waals surface area (Å²) < 4.78 is 10.8. The number of nitrogens with two attached hydrogens (primary N) is 1. The van der Waals surface area contributed by atoms with Crippen molar-refractivity contribution >= 4 is 11.9 Å². The molecule has 0 saturated carbocycles. The Bertz CT molecular complexity index is 714. The summed E-state index contributed by atoms with van der Waals surface area (Å²) in [6.45, 7) is 5.33. The van der Waals surface area contributed by atoms with Crippen molar-refractivity contribution in [1.82, 2.24) is 5.32 Å². The smallest absolute Gasteiger partial charge is 0.338 e. The van der Waals surface area contributed by atoms with Gasteiger partial charge >= 0.3 is 11.9 Å². The Morgan fingerprint density at radius 1 is 1.24 bits per heavy atom. The van der Waals surface area contributed by atoms with Crippen LogP contribution >= 0.6 is 0 Å². The molecule has 1 atom stereocenters. The number of carbonyl (C=O) groups is 2. The number of hydrogen-bond donors (Lipinski definition) is 2. The first-order chi connectivity index (χ1) is 11.9. The topological polar surface area (TPSA) is 118 Å². The molecule has 1 aromatic heterocycles. The van der Waals surface area contributed by atoms with Gasteiger partial charge in [0.05, 0.1) is 30.3 Å². The highest BCUT2D eigenvalue weighted by molar-refractivity contribution is 5.99. The number of hydrogen-bond acceptors (Lipinski definition) is 7. The van der Waals surface area contributed by atoms with Crippen molar-refractivity contribution in [2.45, 2.75) is 26.7 Å². The summed E-state index contributed by atoms with van der Waals surface area (Å²) in [4.78, 5) is 24.9. The van der Waals surface area contributed by atoms with E-state index in [-0.39, 0.29) is 30.2 Å². The van der Waals surface area contributed by atoms with Crippen molar-refractivity contribution in [3.8, 4) is 0 Å². The third kappa shape index (κ3) is 3.73. The van der Waals surface area contributed by atoms with Crippen LogP contribution < -0.4 is 15.8 Å². The largest absolute Gasteiger partial charge is 0.619 e. The van der Waals surface area contributed by atoms with Crippen molar-refractivity contribution in [2.24, 2.45) is 5.73 Å². The minimum Gasteiger partial charge on any atom is -0.619 e. The molecule has 1 aromatic rings. The molecule has 25 heavy (non-hydrogen) atoms. The Kier molecular flexibility index (Phi) is 5.63. The number of carbonyl (C=O) groups excluding carboxylic acids is 2. The number of ether oxygens (including phenoxy) is 2. The van der Waals surface area contributed by atoms with Crippen molar-refractivity contribution < 1.29 is 23.8 Å². The van der Waals surface area contributed by atoms with Crippen LogP contribution in [0.2, 0.25) is 0 Å². The Labute approximate surface area is 145 Å². The summed E-state index contributed by atoms with van der Waals surface area (Å²) in [5.74, 6) is -2.03. The van der Waals surface area contributed by atoms with E-state index < -0.39 is 17.9 Å². The number of rotatable bonds is 5. The van der Waals surface area contributed by atoms with Gasteiger partial charge in [0.2, 0.25) is 0 Å². The van der Waals surface area contributed by atoms with Crippen LogP contribution in [0.1, 0.15) is 32.3 Å². The van der Waals surface area contributed by atoms with Crippen molar-refractivity contribution in [3.05, 3.63) is 58.0 Å². The fourth-order valence-electron chi connectivity index (χ4n) is 2.75. The lowest BCUT2D eigenvalue weighted by Crippen LogP contribution is -2.37. The summed E-state index contributed by atoms with van der Waals surface area (Å²) in [5, 5.41) is 14.5. The third-order valence-corrected chi connectivity index (χ3v) is 3.72. The number of nitrogens with one attached hydrogen (secondary N) is 1. The highest BCUT2D eigenvalue weighted by Gasteiger charge is 2.39. The van der Waals surface area contributed by atoms with Crippen LogP contribution in [0.5, 0.6) is 0 Å². The molecule has 0 fully saturated rings. The van der Waals surface area contributed by atoms with Gasteiger partial charge in [0.1, 0.15) is 5.82 Å². The zero-order valence-corrected chi connectivity index (χ0v) is 14.4. The van der Waals surface area contributed by atoms with Crippen molar-refractivity contribution in [3.63, 3.8) is 0 Å². The molecule has 3 N–H and O–H groups in total. The molecule has 0 radical (unpaired) electrons. The SMILES string of the molecule is CCOC(=O)C1=C(C)NC(N)=C(C(=O)OCC)C1c1ccc[n+]([O-])c1. The van der Waals surface area contributed by atoms with E-state index in [0.29, 0.717) is 16.0 Å². The zero-order valence-electron chi connectivity index (χ0n) is 14.4. The molecule has 0 amide bonds. The van der Waals surface area contributed by atoms with Gasteiger partial charge in [0, 0.05) is 17.3 Å². The Hall–Kier alpha value is -3.03. The van der Waals surface area contributed by atoms with Gasteiger partial charge in [-0.15, -0.1) is 0 Å². The van der Waals surface area contributed by atoms with Gasteiger partial charge in [0.15, 0.2) is 12.4 Å². The predicted octanol–water partition coefficient (Wildman–Crippen LogP) is 0.577. The summed E-state index contributed by atoms with van der Waals surface area (Å²) in [5.41, 5.74) is 7.17. The predicted molar refractivity (Wildman–Crippen MR) is 88.5 cm³/mol. The van der Waals surface area contributed by atoms with E-state index in [9.17, 15) is 14.8 Å². The number of pyridine rings is 1. The summed E-state index contributed by atoms with van der Waals surface area (Å²) in [6.07, 6.45) is 2.59. The van der Waals surface area contributed by atoms with Crippen LogP contribution in [0, 0.1) is 5.21 Å². The van der Waals surface area contributed by atoms with E-state index in [1.807, 2.05) is 0 Å². The zero-order chi connectivity index (χ0) is 18.6. The van der Waals surface area contributed by atoms with Gasteiger partial charge in [-0.25, -0.2) is 9.59 Å². The average molecular weight is 347 g/mol. The Morgan fingerprint density at radius 2 is 1.84 bits per heavy atom. The van der Waals surface area contributed by atoms with Crippen LogP contribution in [0.4, 0.5) is 0 Å². The standard InChI is InChI=1S/C17H21N3O5/c1-4-24-16(21)12-10(3)19-15(18)14(17(22)25-5-2)13(12)11-7-6-8-20(23)9-11/h6-9,13,19H,4-5,18H2,1-3H3. The number of esters is 2. The minimum absolute atomic E-state index is 0.0710. The molecule has 0 aliphatic carbocycles. The molecule has 1 aliphatic heterocycles. The first kappa shape index (κ1) is 18.3. The highest BCUT2D eigenvalue weighted by atomic mass is 16.5. The molecule has 1 unspecified atom stereocenters. The molecular formula is C17H21N3O5.